The number of fused-ring (bicyclic) bond motifs is 1. The maximum atomic E-state index is 12.3. The Kier molecular flexibility index (Phi) is 6.75. The molecule has 1 aromatic heterocycles. The molecule has 4 rings (SSSR count). The van der Waals surface area contributed by atoms with Crippen LogP contribution in [0.2, 0.25) is 0 Å². The zero-order chi connectivity index (χ0) is 23.2. The quantitative estimate of drug-likeness (QED) is 0.386. The van der Waals surface area contributed by atoms with E-state index in [0.29, 0.717) is 16.4 Å². The fraction of sp³-hybridized carbons (Fsp3) is 0.120. The lowest BCUT2D eigenvalue weighted by Crippen LogP contribution is -2.33. The number of hydrogen-bond donors (Lipinski definition) is 3. The van der Waals surface area contributed by atoms with Crippen molar-refractivity contribution in [2.45, 2.75) is 13.3 Å². The maximum absolute atomic E-state index is 12.3. The summed E-state index contributed by atoms with van der Waals surface area (Å²) >= 11 is 1.47. The standard InChI is InChI=1S/C25H22N4O3S/c1-16(30)27-19-8-10-20(11-9-19)28-24(32)15-26-23(31)14-25-29-21-12-7-18(13-22(21)33-25)17-5-3-2-4-6-17/h2-13H,14-15H2,1H3,(H,26,31)(H,27,30)(H,28,32). The largest absolute Gasteiger partial charge is 0.347 e. The number of aromatic nitrogens is 1. The van der Waals surface area contributed by atoms with Crippen LogP contribution in [0.1, 0.15) is 11.9 Å². The molecule has 1 heterocycles. The Balaban J connectivity index is 1.30. The number of amides is 3. The van der Waals surface area contributed by atoms with Crippen LogP contribution in [0, 0.1) is 0 Å². The van der Waals surface area contributed by atoms with E-state index in [-0.39, 0.29) is 30.7 Å². The summed E-state index contributed by atoms with van der Waals surface area (Å²) in [5.41, 5.74) is 4.29. The van der Waals surface area contributed by atoms with Crippen LogP contribution in [0.3, 0.4) is 0 Å². The Morgan fingerprint density at radius 2 is 1.52 bits per heavy atom. The average molecular weight is 459 g/mol. The van der Waals surface area contributed by atoms with E-state index in [9.17, 15) is 14.4 Å². The number of nitrogens with zero attached hydrogens (tertiary/aromatic N) is 1. The van der Waals surface area contributed by atoms with E-state index >= 15 is 0 Å². The van der Waals surface area contributed by atoms with Gasteiger partial charge >= 0.3 is 0 Å². The van der Waals surface area contributed by atoms with E-state index in [4.69, 9.17) is 0 Å². The van der Waals surface area contributed by atoms with Crippen molar-refractivity contribution in [1.29, 1.82) is 0 Å². The highest BCUT2D eigenvalue weighted by Crippen LogP contribution is 2.28. The van der Waals surface area contributed by atoms with Gasteiger partial charge in [-0.2, -0.15) is 0 Å². The second kappa shape index (κ2) is 10.1. The molecular formula is C25H22N4O3S. The normalized spacial score (nSPS) is 10.6. The lowest BCUT2D eigenvalue weighted by molar-refractivity contribution is -0.123. The van der Waals surface area contributed by atoms with E-state index < -0.39 is 0 Å². The third-order valence-corrected chi connectivity index (χ3v) is 5.80. The molecule has 0 aliphatic heterocycles. The fourth-order valence-electron chi connectivity index (χ4n) is 3.28. The third-order valence-electron chi connectivity index (χ3n) is 4.79. The van der Waals surface area contributed by atoms with Crippen molar-refractivity contribution in [2.75, 3.05) is 17.2 Å². The van der Waals surface area contributed by atoms with Gasteiger partial charge in [-0.1, -0.05) is 36.4 Å². The van der Waals surface area contributed by atoms with Gasteiger partial charge in [0.05, 0.1) is 23.2 Å². The van der Waals surface area contributed by atoms with Gasteiger partial charge in [0.1, 0.15) is 5.01 Å². The average Bonchev–Trinajstić information content (AvgIpc) is 3.20. The first-order chi connectivity index (χ1) is 16.0. The molecule has 4 aromatic rings. The molecule has 166 valence electrons. The van der Waals surface area contributed by atoms with Crippen molar-refractivity contribution < 1.29 is 14.4 Å². The molecule has 7 nitrogen and oxygen atoms in total. The number of anilines is 2. The number of thiazole rings is 1. The lowest BCUT2D eigenvalue weighted by atomic mass is 10.1. The molecule has 0 saturated heterocycles. The monoisotopic (exact) mass is 458 g/mol. The molecule has 0 radical (unpaired) electrons. The van der Waals surface area contributed by atoms with Crippen LogP contribution >= 0.6 is 11.3 Å². The Morgan fingerprint density at radius 3 is 2.21 bits per heavy atom. The third kappa shape index (κ3) is 6.02. The zero-order valence-corrected chi connectivity index (χ0v) is 18.7. The summed E-state index contributed by atoms with van der Waals surface area (Å²) < 4.78 is 1.01. The number of hydrogen-bond acceptors (Lipinski definition) is 5. The molecule has 0 aliphatic rings. The van der Waals surface area contributed by atoms with Gasteiger partial charge in [0, 0.05) is 18.3 Å². The number of nitrogens with one attached hydrogen (secondary N) is 3. The minimum absolute atomic E-state index is 0.110. The zero-order valence-electron chi connectivity index (χ0n) is 17.9. The van der Waals surface area contributed by atoms with Crippen molar-refractivity contribution in [3.63, 3.8) is 0 Å². The van der Waals surface area contributed by atoms with Crippen molar-refractivity contribution in [2.24, 2.45) is 0 Å². The summed E-state index contributed by atoms with van der Waals surface area (Å²) in [6.07, 6.45) is 0.110. The molecule has 3 amide bonds. The van der Waals surface area contributed by atoms with Crippen molar-refractivity contribution in [3.8, 4) is 11.1 Å². The molecule has 33 heavy (non-hydrogen) atoms. The van der Waals surface area contributed by atoms with Gasteiger partial charge in [0.15, 0.2) is 0 Å². The van der Waals surface area contributed by atoms with Crippen LogP contribution in [-0.4, -0.2) is 29.3 Å². The molecule has 0 unspecified atom stereocenters. The SMILES string of the molecule is CC(=O)Nc1ccc(NC(=O)CNC(=O)Cc2nc3ccc(-c4ccccc4)cc3s2)cc1. The first-order valence-electron chi connectivity index (χ1n) is 10.4. The van der Waals surface area contributed by atoms with Crippen LogP contribution in [0.4, 0.5) is 11.4 Å². The van der Waals surface area contributed by atoms with Gasteiger partial charge in [0.25, 0.3) is 0 Å². The molecular weight excluding hydrogens is 436 g/mol. The van der Waals surface area contributed by atoms with Crippen molar-refractivity contribution in [3.05, 3.63) is 77.8 Å². The highest BCUT2D eigenvalue weighted by Gasteiger charge is 2.11. The van der Waals surface area contributed by atoms with Gasteiger partial charge in [-0.25, -0.2) is 4.98 Å². The van der Waals surface area contributed by atoms with Crippen molar-refractivity contribution in [1.82, 2.24) is 10.3 Å². The second-order valence-electron chi connectivity index (χ2n) is 7.42. The fourth-order valence-corrected chi connectivity index (χ4v) is 4.29. The summed E-state index contributed by atoms with van der Waals surface area (Å²) in [6.45, 7) is 1.28. The highest BCUT2D eigenvalue weighted by atomic mass is 32.1. The molecule has 0 fully saturated rings. The number of carbonyl (C=O) groups is 3. The van der Waals surface area contributed by atoms with Gasteiger partial charge in [-0.3, -0.25) is 14.4 Å². The van der Waals surface area contributed by atoms with E-state index in [1.54, 1.807) is 24.3 Å². The van der Waals surface area contributed by atoms with E-state index in [1.807, 2.05) is 30.3 Å². The van der Waals surface area contributed by atoms with Crippen LogP contribution < -0.4 is 16.0 Å². The number of rotatable bonds is 7. The Labute approximate surface area is 194 Å². The van der Waals surface area contributed by atoms with Gasteiger partial charge in [-0.05, 0) is 47.5 Å². The minimum Gasteiger partial charge on any atom is -0.347 e. The molecule has 0 aliphatic carbocycles. The summed E-state index contributed by atoms with van der Waals surface area (Å²) in [5, 5.41) is 8.69. The maximum Gasteiger partial charge on any atom is 0.243 e. The smallest absolute Gasteiger partial charge is 0.243 e. The van der Waals surface area contributed by atoms with Crippen LogP contribution in [0.25, 0.3) is 21.3 Å². The van der Waals surface area contributed by atoms with E-state index in [0.717, 1.165) is 21.3 Å². The van der Waals surface area contributed by atoms with Crippen LogP contribution in [-0.2, 0) is 20.8 Å². The first-order valence-corrected chi connectivity index (χ1v) is 11.2. The number of carbonyl (C=O) groups excluding carboxylic acids is 3. The molecule has 0 atom stereocenters. The molecule has 0 bridgehead atoms. The first kappa shape index (κ1) is 22.2. The predicted octanol–water partition coefficient (Wildman–Crippen LogP) is 4.22. The Hall–Kier alpha value is -4.04. The lowest BCUT2D eigenvalue weighted by Gasteiger charge is -2.08. The summed E-state index contributed by atoms with van der Waals surface area (Å²) in [7, 11) is 0. The highest BCUT2D eigenvalue weighted by molar-refractivity contribution is 7.18. The molecule has 0 spiro atoms. The van der Waals surface area contributed by atoms with Gasteiger partial charge < -0.3 is 16.0 Å². The van der Waals surface area contributed by atoms with E-state index in [2.05, 4.69) is 39.1 Å². The van der Waals surface area contributed by atoms with E-state index in [1.165, 1.54) is 18.3 Å². The Morgan fingerprint density at radius 1 is 0.818 bits per heavy atom. The summed E-state index contributed by atoms with van der Waals surface area (Å²) in [5.74, 6) is -0.778. The topological polar surface area (TPSA) is 100 Å². The Bertz CT molecular complexity index is 1300. The molecule has 8 heteroatoms. The van der Waals surface area contributed by atoms with Gasteiger partial charge in [0.2, 0.25) is 17.7 Å². The molecule has 0 saturated carbocycles. The minimum atomic E-state index is -0.340. The molecule has 3 N–H and O–H groups in total. The predicted molar refractivity (Wildman–Crippen MR) is 131 cm³/mol. The molecule has 3 aromatic carbocycles. The van der Waals surface area contributed by atoms with Crippen molar-refractivity contribution >= 4 is 50.6 Å². The van der Waals surface area contributed by atoms with Gasteiger partial charge in [-0.15, -0.1) is 11.3 Å². The summed E-state index contributed by atoms with van der Waals surface area (Å²) in [4.78, 5) is 40.0. The van der Waals surface area contributed by atoms with Crippen LogP contribution in [0.5, 0.6) is 0 Å². The van der Waals surface area contributed by atoms with Crippen LogP contribution in [0.15, 0.2) is 72.8 Å². The second-order valence-corrected chi connectivity index (χ2v) is 8.53. The number of benzene rings is 3. The summed E-state index contributed by atoms with van der Waals surface area (Å²) in [6, 6.07) is 22.9.